The topological polar surface area (TPSA) is 88.2 Å². The third-order valence-electron chi connectivity index (χ3n) is 5.33. The summed E-state index contributed by atoms with van der Waals surface area (Å²) < 4.78 is 23.4. The zero-order valence-corrected chi connectivity index (χ0v) is 19.9. The molecule has 2 unspecified atom stereocenters. The summed E-state index contributed by atoms with van der Waals surface area (Å²) in [5, 5.41) is 3.00. The van der Waals surface area contributed by atoms with Crippen LogP contribution in [0.3, 0.4) is 0 Å². The molecule has 2 atom stereocenters. The number of carbonyl (C=O) groups excluding carboxylic acids is 3. The molecule has 8 nitrogen and oxygen atoms in total. The van der Waals surface area contributed by atoms with Gasteiger partial charge in [-0.05, 0) is 62.2 Å². The van der Waals surface area contributed by atoms with Crippen LogP contribution in [0.4, 0.5) is 14.9 Å². The standard InChI is InChI=1S/C23H27BrFN3O5/c1-16(29)27(23(31)33-15-32-22(30)21-6-3-11-26-21)12-13-28(19-9-7-18(25)8-10-19)20-5-2-4-17(24)14-20/h2,5,7-10,14,17,21,26H,3-4,6,11-13,15H2,1H3. The van der Waals surface area contributed by atoms with Crippen LogP contribution < -0.4 is 10.2 Å². The first-order chi connectivity index (χ1) is 15.8. The number of ether oxygens (including phenoxy) is 2. The van der Waals surface area contributed by atoms with Gasteiger partial charge in [0, 0.05) is 36.2 Å². The molecule has 0 saturated carbocycles. The molecule has 2 amide bonds. The Kier molecular flexibility index (Phi) is 9.02. The Morgan fingerprint density at radius 2 is 1.94 bits per heavy atom. The minimum Gasteiger partial charge on any atom is -0.427 e. The number of halogens is 2. The molecule has 0 aromatic heterocycles. The summed E-state index contributed by atoms with van der Waals surface area (Å²) in [6.45, 7) is 1.69. The Morgan fingerprint density at radius 3 is 2.58 bits per heavy atom. The van der Waals surface area contributed by atoms with Gasteiger partial charge in [0.05, 0.1) is 0 Å². The minimum absolute atomic E-state index is 0.0157. The smallest absolute Gasteiger partial charge is 0.419 e. The highest BCUT2D eigenvalue weighted by Gasteiger charge is 2.25. The summed E-state index contributed by atoms with van der Waals surface area (Å²) >= 11 is 3.57. The molecule has 0 spiro atoms. The van der Waals surface area contributed by atoms with Crippen LogP contribution in [0.25, 0.3) is 0 Å². The molecular formula is C23H27BrFN3O5. The number of carbonyl (C=O) groups is 3. The summed E-state index contributed by atoms with van der Waals surface area (Å²) in [7, 11) is 0. The number of nitrogens with one attached hydrogen (secondary N) is 1. The van der Waals surface area contributed by atoms with Crippen LogP contribution in [0.5, 0.6) is 0 Å². The first kappa shape index (κ1) is 24.9. The van der Waals surface area contributed by atoms with Crippen LogP contribution in [-0.4, -0.2) is 60.2 Å². The van der Waals surface area contributed by atoms with Crippen molar-refractivity contribution >= 4 is 39.6 Å². The molecule has 33 heavy (non-hydrogen) atoms. The van der Waals surface area contributed by atoms with Gasteiger partial charge in [0.15, 0.2) is 0 Å². The number of rotatable bonds is 8. The fourth-order valence-electron chi connectivity index (χ4n) is 3.62. The van der Waals surface area contributed by atoms with E-state index in [1.54, 1.807) is 12.1 Å². The molecule has 10 heteroatoms. The number of alkyl halides is 1. The highest BCUT2D eigenvalue weighted by atomic mass is 79.9. The lowest BCUT2D eigenvalue weighted by Crippen LogP contribution is -2.42. The molecule has 1 N–H and O–H groups in total. The molecule has 1 fully saturated rings. The summed E-state index contributed by atoms with van der Waals surface area (Å²) in [6.07, 6.45) is 7.44. The van der Waals surface area contributed by atoms with Crippen molar-refractivity contribution in [2.45, 2.75) is 37.1 Å². The van der Waals surface area contributed by atoms with Crippen LogP contribution >= 0.6 is 15.9 Å². The quantitative estimate of drug-likeness (QED) is 0.317. The van der Waals surface area contributed by atoms with Gasteiger partial charge in [-0.3, -0.25) is 9.59 Å². The van der Waals surface area contributed by atoms with Gasteiger partial charge < -0.3 is 19.7 Å². The highest BCUT2D eigenvalue weighted by molar-refractivity contribution is 9.09. The molecule has 1 heterocycles. The highest BCUT2D eigenvalue weighted by Crippen LogP contribution is 2.25. The van der Waals surface area contributed by atoms with E-state index in [1.165, 1.54) is 19.1 Å². The van der Waals surface area contributed by atoms with E-state index in [0.717, 1.165) is 30.0 Å². The molecule has 0 radical (unpaired) electrons. The van der Waals surface area contributed by atoms with Gasteiger partial charge in [-0.1, -0.05) is 22.0 Å². The van der Waals surface area contributed by atoms with Crippen LogP contribution in [0.15, 0.2) is 48.2 Å². The number of anilines is 1. The number of hydrogen-bond acceptors (Lipinski definition) is 7. The number of amides is 2. The van der Waals surface area contributed by atoms with E-state index >= 15 is 0 Å². The summed E-state index contributed by atoms with van der Waals surface area (Å²) in [5.74, 6) is -1.35. The first-order valence-corrected chi connectivity index (χ1v) is 11.7. The minimum atomic E-state index is -0.903. The fourth-order valence-corrected chi connectivity index (χ4v) is 4.10. The van der Waals surface area contributed by atoms with Crippen molar-refractivity contribution in [1.82, 2.24) is 10.2 Å². The lowest BCUT2D eigenvalue weighted by Gasteiger charge is -2.30. The zero-order chi connectivity index (χ0) is 23.8. The van der Waals surface area contributed by atoms with Crippen LogP contribution in [0.2, 0.25) is 0 Å². The van der Waals surface area contributed by atoms with Crippen molar-refractivity contribution in [2.75, 3.05) is 31.3 Å². The third-order valence-corrected chi connectivity index (χ3v) is 5.97. The van der Waals surface area contributed by atoms with E-state index in [1.807, 2.05) is 23.1 Å². The van der Waals surface area contributed by atoms with Crippen LogP contribution in [0, 0.1) is 5.82 Å². The Morgan fingerprint density at radius 1 is 1.18 bits per heavy atom. The number of esters is 1. The second kappa shape index (κ2) is 11.9. The number of imide groups is 1. The SMILES string of the molecule is CC(=O)N(CCN(C1=CC(Br)CC=C1)c1ccc(F)cc1)C(=O)OCOC(=O)C1CCCN1. The normalized spacial score (nSPS) is 19.5. The molecule has 0 bridgehead atoms. The molecule has 1 aliphatic heterocycles. The maximum Gasteiger partial charge on any atom is 0.419 e. The van der Waals surface area contributed by atoms with Crippen molar-refractivity contribution in [2.24, 2.45) is 0 Å². The molecule has 1 aliphatic carbocycles. The maximum absolute atomic E-state index is 13.4. The van der Waals surface area contributed by atoms with E-state index < -0.39 is 30.8 Å². The third kappa shape index (κ3) is 7.13. The van der Waals surface area contributed by atoms with Gasteiger partial charge >= 0.3 is 12.1 Å². The van der Waals surface area contributed by atoms with Crippen molar-refractivity contribution in [1.29, 1.82) is 0 Å². The van der Waals surface area contributed by atoms with E-state index in [4.69, 9.17) is 9.47 Å². The lowest BCUT2D eigenvalue weighted by molar-refractivity contribution is -0.154. The summed E-state index contributed by atoms with van der Waals surface area (Å²) in [4.78, 5) is 39.5. The average molecular weight is 524 g/mol. The van der Waals surface area contributed by atoms with Gasteiger partial charge in [0.25, 0.3) is 0 Å². The van der Waals surface area contributed by atoms with Crippen molar-refractivity contribution in [3.8, 4) is 0 Å². The van der Waals surface area contributed by atoms with Crippen LogP contribution in [0.1, 0.15) is 26.2 Å². The van der Waals surface area contributed by atoms with Gasteiger partial charge in [-0.15, -0.1) is 0 Å². The molecule has 1 aromatic carbocycles. The lowest BCUT2D eigenvalue weighted by atomic mass is 10.1. The second-order valence-electron chi connectivity index (χ2n) is 7.68. The van der Waals surface area contributed by atoms with Crippen LogP contribution in [-0.2, 0) is 19.1 Å². The number of hydrogen-bond donors (Lipinski definition) is 1. The Labute approximate surface area is 200 Å². The monoisotopic (exact) mass is 523 g/mol. The van der Waals surface area contributed by atoms with E-state index in [2.05, 4.69) is 21.2 Å². The molecule has 2 aliphatic rings. The predicted molar refractivity (Wildman–Crippen MR) is 124 cm³/mol. The molecule has 1 saturated heterocycles. The van der Waals surface area contributed by atoms with Crippen molar-refractivity contribution in [3.05, 3.63) is 54.0 Å². The Bertz CT molecular complexity index is 915. The first-order valence-electron chi connectivity index (χ1n) is 10.8. The number of allylic oxidation sites excluding steroid dienone is 3. The van der Waals surface area contributed by atoms with E-state index in [0.29, 0.717) is 12.1 Å². The molecular weight excluding hydrogens is 497 g/mol. The summed E-state index contributed by atoms with van der Waals surface area (Å²) in [5.41, 5.74) is 1.56. The predicted octanol–water partition coefficient (Wildman–Crippen LogP) is 3.48. The van der Waals surface area contributed by atoms with Crippen molar-refractivity contribution < 1.29 is 28.2 Å². The molecule has 3 rings (SSSR count). The number of nitrogens with zero attached hydrogens (tertiary/aromatic N) is 2. The molecule has 178 valence electrons. The largest absolute Gasteiger partial charge is 0.427 e. The zero-order valence-electron chi connectivity index (χ0n) is 18.3. The van der Waals surface area contributed by atoms with E-state index in [9.17, 15) is 18.8 Å². The Hall–Kier alpha value is -2.72. The number of benzene rings is 1. The Balaban J connectivity index is 1.62. The fraction of sp³-hybridized carbons (Fsp3) is 0.435. The second-order valence-corrected chi connectivity index (χ2v) is 8.86. The molecule has 1 aromatic rings. The average Bonchev–Trinajstić information content (AvgIpc) is 3.32. The van der Waals surface area contributed by atoms with Crippen molar-refractivity contribution in [3.63, 3.8) is 0 Å². The van der Waals surface area contributed by atoms with E-state index in [-0.39, 0.29) is 23.7 Å². The van der Waals surface area contributed by atoms with Gasteiger partial charge in [0.2, 0.25) is 12.7 Å². The van der Waals surface area contributed by atoms with Gasteiger partial charge in [-0.25, -0.2) is 14.1 Å². The summed E-state index contributed by atoms with van der Waals surface area (Å²) in [6, 6.07) is 5.58. The van der Waals surface area contributed by atoms with Gasteiger partial charge in [0.1, 0.15) is 11.9 Å². The van der Waals surface area contributed by atoms with Gasteiger partial charge in [-0.2, -0.15) is 0 Å². The maximum atomic E-state index is 13.4.